The molecule has 0 aliphatic carbocycles. The van der Waals surface area contributed by atoms with Crippen molar-refractivity contribution in [1.82, 2.24) is 4.72 Å². The molecule has 1 atom stereocenters. The summed E-state index contributed by atoms with van der Waals surface area (Å²) in [4.78, 5) is 0. The van der Waals surface area contributed by atoms with Gasteiger partial charge in [-0.2, -0.15) is 11.8 Å². The number of thioether (sulfide) groups is 1. The van der Waals surface area contributed by atoms with Gasteiger partial charge < -0.3 is 5.32 Å². The van der Waals surface area contributed by atoms with E-state index in [4.69, 9.17) is 0 Å². The van der Waals surface area contributed by atoms with E-state index in [0.29, 0.717) is 6.04 Å². The van der Waals surface area contributed by atoms with E-state index in [1.807, 2.05) is 49.9 Å². The molecule has 1 heterocycles. The summed E-state index contributed by atoms with van der Waals surface area (Å²) in [5.41, 5.74) is 1.85. The predicted octanol–water partition coefficient (Wildman–Crippen LogP) is 3.21. The van der Waals surface area contributed by atoms with Crippen LogP contribution in [-0.2, 0) is 15.8 Å². The van der Waals surface area contributed by atoms with Crippen molar-refractivity contribution in [2.24, 2.45) is 0 Å². The highest BCUT2D eigenvalue weighted by atomic mass is 32.2. The van der Waals surface area contributed by atoms with Gasteiger partial charge >= 0.3 is 0 Å². The molecule has 0 aromatic heterocycles. The lowest BCUT2D eigenvalue weighted by Gasteiger charge is -2.23. The maximum atomic E-state index is 12.1. The Balaban J connectivity index is 1.98. The van der Waals surface area contributed by atoms with Crippen LogP contribution in [0.3, 0.4) is 0 Å². The Morgan fingerprint density at radius 2 is 2.05 bits per heavy atom. The summed E-state index contributed by atoms with van der Waals surface area (Å²) >= 11 is 2.00. The van der Waals surface area contributed by atoms with Gasteiger partial charge in [-0.05, 0) is 55.4 Å². The van der Waals surface area contributed by atoms with E-state index in [0.717, 1.165) is 17.7 Å². The Kier molecular flexibility index (Phi) is 6.59. The lowest BCUT2D eigenvalue weighted by Crippen LogP contribution is -2.33. The van der Waals surface area contributed by atoms with Crippen LogP contribution in [0.15, 0.2) is 24.3 Å². The zero-order valence-corrected chi connectivity index (χ0v) is 15.0. The minimum Gasteiger partial charge on any atom is -0.382 e. The summed E-state index contributed by atoms with van der Waals surface area (Å²) in [5.74, 6) is 2.43. The molecule has 124 valence electrons. The van der Waals surface area contributed by atoms with Crippen LogP contribution in [0, 0.1) is 0 Å². The molecule has 0 saturated carbocycles. The molecule has 1 fully saturated rings. The van der Waals surface area contributed by atoms with Crippen LogP contribution in [0.4, 0.5) is 5.69 Å². The fourth-order valence-corrected chi connectivity index (χ4v) is 5.07. The van der Waals surface area contributed by atoms with Crippen molar-refractivity contribution in [3.05, 3.63) is 29.8 Å². The molecule has 4 nitrogen and oxygen atoms in total. The van der Waals surface area contributed by atoms with Crippen molar-refractivity contribution in [2.45, 2.75) is 50.9 Å². The van der Waals surface area contributed by atoms with E-state index in [2.05, 4.69) is 10.0 Å². The summed E-state index contributed by atoms with van der Waals surface area (Å²) < 4.78 is 27.0. The second-order valence-corrected chi connectivity index (χ2v) is 8.90. The molecule has 22 heavy (non-hydrogen) atoms. The zero-order chi connectivity index (χ0) is 16.0. The van der Waals surface area contributed by atoms with Gasteiger partial charge in [0.2, 0.25) is 10.0 Å². The lowest BCUT2D eigenvalue weighted by molar-refractivity contribution is 0.555. The SMILES string of the molecule is CCC(C)NS(=O)(=O)Cc1cccc(NC2CCSCC2)c1. The van der Waals surface area contributed by atoms with Gasteiger partial charge in [0.1, 0.15) is 0 Å². The second-order valence-electron chi connectivity index (χ2n) is 5.92. The van der Waals surface area contributed by atoms with Gasteiger partial charge in [-0.25, -0.2) is 13.1 Å². The molecule has 0 bridgehead atoms. The molecule has 2 rings (SSSR count). The van der Waals surface area contributed by atoms with Crippen molar-refractivity contribution < 1.29 is 8.42 Å². The highest BCUT2D eigenvalue weighted by Gasteiger charge is 2.16. The molecule has 6 heteroatoms. The van der Waals surface area contributed by atoms with E-state index in [9.17, 15) is 8.42 Å². The monoisotopic (exact) mass is 342 g/mol. The van der Waals surface area contributed by atoms with Crippen LogP contribution in [-0.4, -0.2) is 32.0 Å². The summed E-state index contributed by atoms with van der Waals surface area (Å²) in [6.07, 6.45) is 3.13. The second kappa shape index (κ2) is 8.22. The Hall–Kier alpha value is -0.720. The third kappa shape index (κ3) is 5.82. The highest BCUT2D eigenvalue weighted by molar-refractivity contribution is 7.99. The first-order valence-electron chi connectivity index (χ1n) is 7.91. The van der Waals surface area contributed by atoms with Gasteiger partial charge in [0, 0.05) is 17.8 Å². The number of anilines is 1. The molecular formula is C16H26N2O2S2. The predicted molar refractivity (Wildman–Crippen MR) is 95.9 cm³/mol. The number of hydrogen-bond donors (Lipinski definition) is 2. The smallest absolute Gasteiger partial charge is 0.216 e. The van der Waals surface area contributed by atoms with Gasteiger partial charge in [0.05, 0.1) is 5.75 Å². The standard InChI is InChI=1S/C16H26N2O2S2/c1-3-13(2)18-22(19,20)12-14-5-4-6-16(11-14)17-15-7-9-21-10-8-15/h4-6,11,13,15,17-18H,3,7-10,12H2,1-2H3. The van der Waals surface area contributed by atoms with Crippen molar-refractivity contribution in [3.8, 4) is 0 Å². The Labute approximate surface area is 138 Å². The maximum absolute atomic E-state index is 12.1. The normalized spacial score (nSPS) is 18.1. The average molecular weight is 343 g/mol. The van der Waals surface area contributed by atoms with Crippen molar-refractivity contribution in [1.29, 1.82) is 0 Å². The molecular weight excluding hydrogens is 316 g/mol. The first-order chi connectivity index (χ1) is 10.5. The van der Waals surface area contributed by atoms with Crippen LogP contribution >= 0.6 is 11.8 Å². The lowest BCUT2D eigenvalue weighted by atomic mass is 10.1. The molecule has 0 radical (unpaired) electrons. The number of sulfonamides is 1. The van der Waals surface area contributed by atoms with Crippen molar-refractivity contribution in [2.75, 3.05) is 16.8 Å². The van der Waals surface area contributed by atoms with Crippen molar-refractivity contribution >= 4 is 27.5 Å². The van der Waals surface area contributed by atoms with Crippen molar-refractivity contribution in [3.63, 3.8) is 0 Å². The summed E-state index contributed by atoms with van der Waals surface area (Å²) in [7, 11) is -3.28. The van der Waals surface area contributed by atoms with Crippen LogP contribution in [0.2, 0.25) is 0 Å². The molecule has 1 unspecified atom stereocenters. The van der Waals surface area contributed by atoms with Gasteiger partial charge in [-0.1, -0.05) is 19.1 Å². The third-order valence-corrected chi connectivity index (χ3v) is 6.39. The van der Waals surface area contributed by atoms with E-state index in [-0.39, 0.29) is 11.8 Å². The fraction of sp³-hybridized carbons (Fsp3) is 0.625. The van der Waals surface area contributed by atoms with Crippen LogP contribution in [0.25, 0.3) is 0 Å². The van der Waals surface area contributed by atoms with Gasteiger partial charge in [0.25, 0.3) is 0 Å². The van der Waals surface area contributed by atoms with Gasteiger partial charge in [-0.3, -0.25) is 0 Å². The number of benzene rings is 1. The molecule has 2 N–H and O–H groups in total. The first kappa shape index (κ1) is 17.6. The van der Waals surface area contributed by atoms with Crippen LogP contribution in [0.1, 0.15) is 38.7 Å². The van der Waals surface area contributed by atoms with Crippen LogP contribution in [0.5, 0.6) is 0 Å². The highest BCUT2D eigenvalue weighted by Crippen LogP contribution is 2.22. The topological polar surface area (TPSA) is 58.2 Å². The van der Waals surface area contributed by atoms with E-state index in [1.54, 1.807) is 0 Å². The summed E-state index contributed by atoms with van der Waals surface area (Å²) in [6, 6.07) is 8.25. The first-order valence-corrected chi connectivity index (χ1v) is 10.7. The molecule has 1 aromatic rings. The average Bonchev–Trinajstić information content (AvgIpc) is 2.47. The molecule has 0 spiro atoms. The molecule has 1 aliphatic rings. The Morgan fingerprint density at radius 1 is 1.32 bits per heavy atom. The largest absolute Gasteiger partial charge is 0.382 e. The Morgan fingerprint density at radius 3 is 2.73 bits per heavy atom. The molecule has 0 amide bonds. The molecule has 1 aliphatic heterocycles. The minimum atomic E-state index is -3.28. The zero-order valence-electron chi connectivity index (χ0n) is 13.3. The van der Waals surface area contributed by atoms with Crippen LogP contribution < -0.4 is 10.0 Å². The quantitative estimate of drug-likeness (QED) is 0.799. The molecule has 1 saturated heterocycles. The minimum absolute atomic E-state index is 0.0222. The number of hydrogen-bond acceptors (Lipinski definition) is 4. The fourth-order valence-electron chi connectivity index (χ4n) is 2.48. The third-order valence-electron chi connectivity index (χ3n) is 3.87. The van der Waals surface area contributed by atoms with Gasteiger partial charge in [0.15, 0.2) is 0 Å². The summed E-state index contributed by atoms with van der Waals surface area (Å²) in [5, 5.41) is 3.53. The van der Waals surface area contributed by atoms with E-state index >= 15 is 0 Å². The number of rotatable bonds is 7. The Bertz CT molecular complexity index is 569. The van der Waals surface area contributed by atoms with E-state index in [1.165, 1.54) is 24.3 Å². The summed E-state index contributed by atoms with van der Waals surface area (Å²) in [6.45, 7) is 3.86. The van der Waals surface area contributed by atoms with Gasteiger partial charge in [-0.15, -0.1) is 0 Å². The van der Waals surface area contributed by atoms with E-state index < -0.39 is 10.0 Å². The molecule has 1 aromatic carbocycles. The number of nitrogens with one attached hydrogen (secondary N) is 2. The maximum Gasteiger partial charge on any atom is 0.216 e.